The highest BCUT2D eigenvalue weighted by molar-refractivity contribution is 5.71. The number of hydrogen-bond acceptors (Lipinski definition) is 6. The van der Waals surface area contributed by atoms with Crippen LogP contribution in [0.4, 0.5) is 0 Å². The van der Waals surface area contributed by atoms with E-state index in [1.807, 2.05) is 0 Å². The topological polar surface area (TPSA) is 78.9 Å². The molecule has 62 heavy (non-hydrogen) atoms. The third-order valence-electron chi connectivity index (χ3n) is 11.6. The van der Waals surface area contributed by atoms with Crippen molar-refractivity contribution in [2.75, 3.05) is 13.2 Å². The van der Waals surface area contributed by atoms with E-state index in [2.05, 4.69) is 69.4 Å². The van der Waals surface area contributed by atoms with Crippen LogP contribution in [0.25, 0.3) is 0 Å². The van der Waals surface area contributed by atoms with E-state index in [-0.39, 0.29) is 31.1 Å². The number of carbonyl (C=O) groups excluding carboxylic acids is 3. The molecule has 0 rings (SSSR count). The van der Waals surface area contributed by atoms with Crippen molar-refractivity contribution in [2.45, 2.75) is 277 Å². The minimum atomic E-state index is -0.782. The van der Waals surface area contributed by atoms with E-state index in [4.69, 9.17) is 14.2 Å². The Bertz CT molecular complexity index is 1090. The van der Waals surface area contributed by atoms with Crippen LogP contribution in [0.1, 0.15) is 271 Å². The summed E-state index contributed by atoms with van der Waals surface area (Å²) in [5.74, 6) is -0.897. The van der Waals surface area contributed by atoms with E-state index >= 15 is 0 Å². The number of ether oxygens (including phenoxy) is 3. The Morgan fingerprint density at radius 1 is 0.339 bits per heavy atom. The Labute approximate surface area is 384 Å². The largest absolute Gasteiger partial charge is 0.462 e. The molecule has 0 aromatic heterocycles. The minimum absolute atomic E-state index is 0.0802. The monoisotopic (exact) mass is 869 g/mol. The molecule has 0 aliphatic rings. The van der Waals surface area contributed by atoms with Crippen LogP contribution in [0.3, 0.4) is 0 Å². The van der Waals surface area contributed by atoms with Gasteiger partial charge in [0.25, 0.3) is 0 Å². The smallest absolute Gasteiger partial charge is 0.306 e. The van der Waals surface area contributed by atoms with Crippen LogP contribution in [-0.4, -0.2) is 37.2 Å². The van der Waals surface area contributed by atoms with E-state index in [0.29, 0.717) is 19.3 Å². The van der Waals surface area contributed by atoms with Gasteiger partial charge in [0, 0.05) is 19.3 Å². The van der Waals surface area contributed by atoms with Crippen LogP contribution in [-0.2, 0) is 28.6 Å². The van der Waals surface area contributed by atoms with Crippen molar-refractivity contribution in [1.82, 2.24) is 0 Å². The molecule has 0 spiro atoms. The summed E-state index contributed by atoms with van der Waals surface area (Å²) in [6.45, 7) is 6.51. The van der Waals surface area contributed by atoms with Gasteiger partial charge in [0.05, 0.1) is 0 Å². The van der Waals surface area contributed by atoms with Gasteiger partial charge in [-0.3, -0.25) is 14.4 Å². The molecule has 0 saturated heterocycles. The maximum Gasteiger partial charge on any atom is 0.306 e. The summed E-state index contributed by atoms with van der Waals surface area (Å²) < 4.78 is 16.8. The second-order valence-corrected chi connectivity index (χ2v) is 17.8. The Balaban J connectivity index is 4.38. The van der Waals surface area contributed by atoms with Gasteiger partial charge in [-0.1, -0.05) is 223 Å². The highest BCUT2D eigenvalue weighted by Gasteiger charge is 2.19. The number of carbonyl (C=O) groups is 3. The molecule has 0 aromatic carbocycles. The van der Waals surface area contributed by atoms with Crippen LogP contribution in [0, 0.1) is 0 Å². The Morgan fingerprint density at radius 2 is 0.629 bits per heavy atom. The van der Waals surface area contributed by atoms with Crippen molar-refractivity contribution in [3.8, 4) is 0 Å². The van der Waals surface area contributed by atoms with E-state index in [1.165, 1.54) is 128 Å². The third-order valence-corrected chi connectivity index (χ3v) is 11.6. The molecule has 360 valence electrons. The second-order valence-electron chi connectivity index (χ2n) is 17.8. The van der Waals surface area contributed by atoms with Gasteiger partial charge in [0.2, 0.25) is 0 Å². The quantitative estimate of drug-likeness (QED) is 0.0262. The van der Waals surface area contributed by atoms with Crippen LogP contribution < -0.4 is 0 Å². The SMILES string of the molecule is CC/C=C\C/C=C\C/C=C\CCCCCCCC(=O)O[C@@H](COC(=O)CCCCCCC/C=C\CCCCCC)COC(=O)CCCCCCCCCCCCCCCCCC. The maximum atomic E-state index is 12.8. The van der Waals surface area contributed by atoms with Gasteiger partial charge >= 0.3 is 17.9 Å². The second kappa shape index (κ2) is 51.0. The number of rotatable bonds is 48. The Morgan fingerprint density at radius 3 is 1.02 bits per heavy atom. The van der Waals surface area contributed by atoms with Gasteiger partial charge in [0.15, 0.2) is 6.10 Å². The van der Waals surface area contributed by atoms with Crippen LogP contribution >= 0.6 is 0 Å². The molecule has 0 N–H and O–H groups in total. The zero-order valence-corrected chi connectivity index (χ0v) is 41.1. The molecule has 0 bridgehead atoms. The van der Waals surface area contributed by atoms with Crippen molar-refractivity contribution in [3.05, 3.63) is 48.6 Å². The van der Waals surface area contributed by atoms with Gasteiger partial charge in [0.1, 0.15) is 13.2 Å². The molecule has 0 heterocycles. The first-order valence-electron chi connectivity index (χ1n) is 26.6. The molecule has 1 atom stereocenters. The molecular formula is C56H100O6. The first-order valence-corrected chi connectivity index (χ1v) is 26.6. The maximum absolute atomic E-state index is 12.8. The molecule has 0 radical (unpaired) electrons. The summed E-state index contributed by atoms with van der Waals surface area (Å²) in [5.41, 5.74) is 0. The molecule has 0 fully saturated rings. The standard InChI is InChI=1S/C56H100O6/c1-4-7-10-13-16-19-22-25-27-29-31-34-37-40-43-46-49-55(58)61-52-53(51-60-54(57)48-45-42-39-36-33-30-24-21-18-15-12-9-6-3)62-56(59)50-47-44-41-38-35-32-28-26-23-20-17-14-11-8-5-2/h8,11,17,20-21,24,26,28,53H,4-7,9-10,12-16,18-19,22-23,25,27,29-52H2,1-3H3/b11-8-,20-17-,24-21-,28-26-/t53-/m0/s1. The number of allylic oxidation sites excluding steroid dienone is 8. The number of esters is 3. The number of hydrogen-bond donors (Lipinski definition) is 0. The Hall–Kier alpha value is -2.63. The lowest BCUT2D eigenvalue weighted by Crippen LogP contribution is -2.30. The summed E-state index contributed by atoms with van der Waals surface area (Å²) in [6.07, 6.45) is 60.9. The molecule has 6 nitrogen and oxygen atoms in total. The van der Waals surface area contributed by atoms with Crippen LogP contribution in [0.2, 0.25) is 0 Å². The summed E-state index contributed by atoms with van der Waals surface area (Å²) in [4.78, 5) is 38.0. The Kier molecular flexibility index (Phi) is 48.8. The molecule has 0 amide bonds. The molecule has 0 aromatic rings. The molecule has 6 heteroatoms. The fourth-order valence-electron chi connectivity index (χ4n) is 7.57. The van der Waals surface area contributed by atoms with Gasteiger partial charge in [-0.2, -0.15) is 0 Å². The average molecular weight is 869 g/mol. The van der Waals surface area contributed by atoms with Crippen molar-refractivity contribution in [3.63, 3.8) is 0 Å². The summed E-state index contributed by atoms with van der Waals surface area (Å²) in [6, 6.07) is 0. The van der Waals surface area contributed by atoms with Gasteiger partial charge in [-0.25, -0.2) is 0 Å². The number of unbranched alkanes of at least 4 members (excludes halogenated alkanes) is 29. The summed E-state index contributed by atoms with van der Waals surface area (Å²) in [7, 11) is 0. The lowest BCUT2D eigenvalue weighted by molar-refractivity contribution is -0.167. The first kappa shape index (κ1) is 59.4. The highest BCUT2D eigenvalue weighted by Crippen LogP contribution is 2.16. The van der Waals surface area contributed by atoms with Crippen LogP contribution in [0.5, 0.6) is 0 Å². The van der Waals surface area contributed by atoms with Gasteiger partial charge in [-0.05, 0) is 77.0 Å². The van der Waals surface area contributed by atoms with Crippen molar-refractivity contribution in [1.29, 1.82) is 0 Å². The van der Waals surface area contributed by atoms with Crippen molar-refractivity contribution in [2.24, 2.45) is 0 Å². The fraction of sp³-hybridized carbons (Fsp3) is 0.804. The molecule has 0 aliphatic carbocycles. The molecule has 0 aliphatic heterocycles. The fourth-order valence-corrected chi connectivity index (χ4v) is 7.57. The first-order chi connectivity index (χ1) is 30.5. The normalized spacial score (nSPS) is 12.4. The van der Waals surface area contributed by atoms with Crippen molar-refractivity contribution < 1.29 is 28.6 Å². The minimum Gasteiger partial charge on any atom is -0.462 e. The molecular weight excluding hydrogens is 769 g/mol. The van der Waals surface area contributed by atoms with Gasteiger partial charge in [-0.15, -0.1) is 0 Å². The summed E-state index contributed by atoms with van der Waals surface area (Å²) in [5, 5.41) is 0. The zero-order chi connectivity index (χ0) is 45.1. The third kappa shape index (κ3) is 48.4. The molecule has 0 unspecified atom stereocenters. The predicted octanol–water partition coefficient (Wildman–Crippen LogP) is 17.5. The van der Waals surface area contributed by atoms with Crippen LogP contribution in [0.15, 0.2) is 48.6 Å². The van der Waals surface area contributed by atoms with E-state index in [0.717, 1.165) is 103 Å². The van der Waals surface area contributed by atoms with Gasteiger partial charge < -0.3 is 14.2 Å². The lowest BCUT2D eigenvalue weighted by atomic mass is 10.0. The van der Waals surface area contributed by atoms with E-state index < -0.39 is 6.10 Å². The molecule has 0 saturated carbocycles. The highest BCUT2D eigenvalue weighted by atomic mass is 16.6. The zero-order valence-electron chi connectivity index (χ0n) is 41.1. The van der Waals surface area contributed by atoms with E-state index in [1.54, 1.807) is 0 Å². The average Bonchev–Trinajstić information content (AvgIpc) is 3.27. The predicted molar refractivity (Wildman–Crippen MR) is 265 cm³/mol. The van der Waals surface area contributed by atoms with E-state index in [9.17, 15) is 14.4 Å². The summed E-state index contributed by atoms with van der Waals surface area (Å²) >= 11 is 0. The lowest BCUT2D eigenvalue weighted by Gasteiger charge is -2.18. The van der Waals surface area contributed by atoms with Crippen molar-refractivity contribution >= 4 is 17.9 Å².